The van der Waals surface area contributed by atoms with Gasteiger partial charge in [0.05, 0.1) is 33.8 Å². The summed E-state index contributed by atoms with van der Waals surface area (Å²) in [6.45, 7) is 4.65. The first kappa shape index (κ1) is 35.2. The molecule has 3 aromatic carbocycles. The lowest BCUT2D eigenvalue weighted by molar-refractivity contribution is -0.385. The van der Waals surface area contributed by atoms with E-state index < -0.39 is 16.9 Å². The van der Waals surface area contributed by atoms with Crippen LogP contribution in [0.4, 0.5) is 21.9 Å². The average molecular weight is 638 g/mol. The number of hydrogen-bond acceptors (Lipinski definition) is 6. The highest BCUT2D eigenvalue weighted by Crippen LogP contribution is 2.30. The summed E-state index contributed by atoms with van der Waals surface area (Å²) in [5.74, 6) is 0.184. The molecular weight excluding hydrogens is 594 g/mol. The number of nitrogens with one attached hydrogen (secondary N) is 2. The molecule has 11 heteroatoms. The Bertz CT molecular complexity index is 1420. The number of amides is 3. The molecule has 0 aliphatic carbocycles. The van der Waals surface area contributed by atoms with E-state index in [4.69, 9.17) is 22.1 Å². The third kappa shape index (κ3) is 11.3. The second kappa shape index (κ2) is 18.5. The number of hydrogen-bond donors (Lipinski definition) is 3. The number of aryl methyl sites for hydroxylation is 1. The van der Waals surface area contributed by atoms with Crippen molar-refractivity contribution in [3.05, 3.63) is 93.0 Å². The fourth-order valence-electron chi connectivity index (χ4n) is 5.08. The van der Waals surface area contributed by atoms with Crippen molar-refractivity contribution >= 4 is 40.6 Å². The van der Waals surface area contributed by atoms with Crippen LogP contribution in [0.25, 0.3) is 0 Å². The fourth-order valence-corrected chi connectivity index (χ4v) is 5.33. The smallest absolute Gasteiger partial charge is 0.319 e. The Hall–Kier alpha value is -4.31. The SMILES string of the molecule is CCCCCc1ccc(OC(CCCC)CCCN(C(N)=O)c2ccccc2NNC(=O)Cc2ccccc2[N+](=O)[O-])c(Cl)c1. The van der Waals surface area contributed by atoms with Crippen LogP contribution in [0.15, 0.2) is 66.7 Å². The number of benzene rings is 3. The largest absolute Gasteiger partial charge is 0.489 e. The number of halogens is 1. The summed E-state index contributed by atoms with van der Waals surface area (Å²) in [7, 11) is 0. The Kier molecular flexibility index (Phi) is 14.4. The molecule has 0 saturated carbocycles. The lowest BCUT2D eigenvalue weighted by atomic mass is 10.1. The predicted molar refractivity (Wildman–Crippen MR) is 180 cm³/mol. The average Bonchev–Trinajstić information content (AvgIpc) is 3.02. The molecule has 3 rings (SSSR count). The van der Waals surface area contributed by atoms with Crippen molar-refractivity contribution in [2.24, 2.45) is 5.73 Å². The Balaban J connectivity index is 1.63. The number of nitro groups is 1. The first-order valence-corrected chi connectivity index (χ1v) is 16.0. The Morgan fingerprint density at radius 3 is 2.40 bits per heavy atom. The molecule has 3 aromatic rings. The molecule has 0 aliphatic rings. The topological polar surface area (TPSA) is 140 Å². The van der Waals surface area contributed by atoms with Gasteiger partial charge in [-0.2, -0.15) is 0 Å². The number of nitrogens with two attached hydrogens (primary N) is 1. The van der Waals surface area contributed by atoms with Gasteiger partial charge < -0.3 is 10.5 Å². The summed E-state index contributed by atoms with van der Waals surface area (Å²) >= 11 is 6.60. The molecule has 1 unspecified atom stereocenters. The van der Waals surface area contributed by atoms with Gasteiger partial charge >= 0.3 is 6.03 Å². The number of anilines is 2. The van der Waals surface area contributed by atoms with Gasteiger partial charge in [-0.15, -0.1) is 0 Å². The molecule has 0 fully saturated rings. The second-order valence-electron chi connectivity index (χ2n) is 11.0. The minimum absolute atomic E-state index is 0.0854. The number of primary amides is 1. The highest BCUT2D eigenvalue weighted by molar-refractivity contribution is 6.32. The Morgan fingerprint density at radius 1 is 0.978 bits per heavy atom. The van der Waals surface area contributed by atoms with E-state index in [0.29, 0.717) is 41.5 Å². The van der Waals surface area contributed by atoms with Gasteiger partial charge in [0.1, 0.15) is 5.75 Å². The number of nitrogens with zero attached hydrogens (tertiary/aromatic N) is 2. The maximum atomic E-state index is 12.6. The predicted octanol–water partition coefficient (Wildman–Crippen LogP) is 7.97. The zero-order valence-corrected chi connectivity index (χ0v) is 26.9. The lowest BCUT2D eigenvalue weighted by Crippen LogP contribution is -2.38. The molecule has 0 heterocycles. The molecule has 1 atom stereocenters. The maximum Gasteiger partial charge on any atom is 0.319 e. The fraction of sp³-hybridized carbons (Fsp3) is 0.412. The minimum atomic E-state index is -0.636. The number of nitro benzene ring substituents is 1. The molecule has 4 N–H and O–H groups in total. The summed E-state index contributed by atoms with van der Waals surface area (Å²) in [5, 5.41) is 11.9. The van der Waals surface area contributed by atoms with Crippen LogP contribution in [-0.4, -0.2) is 29.5 Å². The van der Waals surface area contributed by atoms with E-state index in [0.717, 1.165) is 32.1 Å². The molecule has 0 bridgehead atoms. The van der Waals surface area contributed by atoms with Crippen LogP contribution in [-0.2, 0) is 17.6 Å². The van der Waals surface area contributed by atoms with E-state index in [2.05, 4.69) is 30.8 Å². The van der Waals surface area contributed by atoms with E-state index >= 15 is 0 Å². The van der Waals surface area contributed by atoms with Crippen molar-refractivity contribution in [1.82, 2.24) is 5.43 Å². The minimum Gasteiger partial charge on any atom is -0.489 e. The van der Waals surface area contributed by atoms with E-state index in [9.17, 15) is 19.7 Å². The normalized spacial score (nSPS) is 11.4. The Morgan fingerprint density at radius 2 is 1.69 bits per heavy atom. The van der Waals surface area contributed by atoms with Crippen LogP contribution < -0.4 is 26.2 Å². The molecule has 3 amide bonds. The van der Waals surface area contributed by atoms with Crippen molar-refractivity contribution in [1.29, 1.82) is 0 Å². The van der Waals surface area contributed by atoms with Gasteiger partial charge in [0, 0.05) is 18.2 Å². The van der Waals surface area contributed by atoms with Crippen LogP contribution in [0, 0.1) is 10.1 Å². The number of carbonyl (C=O) groups is 2. The van der Waals surface area contributed by atoms with Crippen LogP contribution in [0.2, 0.25) is 5.02 Å². The number of carbonyl (C=O) groups excluding carboxylic acids is 2. The van der Waals surface area contributed by atoms with Crippen molar-refractivity contribution in [3.8, 4) is 5.75 Å². The van der Waals surface area contributed by atoms with Gasteiger partial charge in [0.2, 0.25) is 5.91 Å². The zero-order valence-electron chi connectivity index (χ0n) is 26.1. The molecular formula is C34H44ClN5O5. The number of hydrazine groups is 1. The molecule has 242 valence electrons. The van der Waals surface area contributed by atoms with Gasteiger partial charge in [-0.05, 0) is 61.9 Å². The quantitative estimate of drug-likeness (QED) is 0.0692. The zero-order chi connectivity index (χ0) is 32.6. The molecule has 0 saturated heterocycles. The molecule has 45 heavy (non-hydrogen) atoms. The van der Waals surface area contributed by atoms with Crippen molar-refractivity contribution < 1.29 is 19.2 Å². The van der Waals surface area contributed by atoms with E-state index in [1.165, 1.54) is 35.4 Å². The van der Waals surface area contributed by atoms with Crippen molar-refractivity contribution in [3.63, 3.8) is 0 Å². The van der Waals surface area contributed by atoms with E-state index in [1.807, 2.05) is 12.1 Å². The monoisotopic (exact) mass is 637 g/mol. The third-order valence-electron chi connectivity index (χ3n) is 7.48. The van der Waals surface area contributed by atoms with Gasteiger partial charge in [-0.1, -0.05) is 87.5 Å². The number of unbranched alkanes of at least 4 members (excludes halogenated alkanes) is 3. The van der Waals surface area contributed by atoms with Gasteiger partial charge in [-0.3, -0.25) is 30.7 Å². The van der Waals surface area contributed by atoms with Gasteiger partial charge in [0.15, 0.2) is 0 Å². The number of para-hydroxylation sites is 3. The molecule has 0 spiro atoms. The van der Waals surface area contributed by atoms with Crippen LogP contribution in [0.1, 0.15) is 76.3 Å². The summed E-state index contributed by atoms with van der Waals surface area (Å²) in [4.78, 5) is 37.4. The number of urea groups is 1. The third-order valence-corrected chi connectivity index (χ3v) is 7.78. The summed E-state index contributed by atoms with van der Waals surface area (Å²) in [6.07, 6.45) is 8.37. The van der Waals surface area contributed by atoms with Crippen LogP contribution in [0.3, 0.4) is 0 Å². The first-order valence-electron chi connectivity index (χ1n) is 15.6. The van der Waals surface area contributed by atoms with E-state index in [-0.39, 0.29) is 23.8 Å². The molecule has 0 aliphatic heterocycles. The van der Waals surface area contributed by atoms with E-state index in [1.54, 1.807) is 36.4 Å². The molecule has 10 nitrogen and oxygen atoms in total. The molecule has 0 aromatic heterocycles. The van der Waals surface area contributed by atoms with Gasteiger partial charge in [-0.25, -0.2) is 4.79 Å². The highest BCUT2D eigenvalue weighted by atomic mass is 35.5. The standard InChI is InChI=1S/C34H44ClN5O5/c1-3-5-7-13-25-20-21-32(28(35)23-25)45-27(15-6-4-2)16-12-22-39(34(36)42)31-19-11-9-17-29(31)37-38-33(41)24-26-14-8-10-18-30(26)40(43)44/h8-11,14,17-21,23,27,37H,3-7,12-13,15-16,22,24H2,1-2H3,(H2,36,42)(H,38,41). The molecule has 0 radical (unpaired) electrons. The Labute approximate surface area is 270 Å². The number of rotatable bonds is 19. The summed E-state index contributed by atoms with van der Waals surface area (Å²) in [5.41, 5.74) is 13.5. The summed E-state index contributed by atoms with van der Waals surface area (Å²) < 4.78 is 6.37. The highest BCUT2D eigenvalue weighted by Gasteiger charge is 2.20. The van der Waals surface area contributed by atoms with Crippen molar-refractivity contribution in [2.45, 2.75) is 84.2 Å². The lowest BCUT2D eigenvalue weighted by Gasteiger charge is -2.25. The van der Waals surface area contributed by atoms with Crippen molar-refractivity contribution in [2.75, 3.05) is 16.9 Å². The van der Waals surface area contributed by atoms with Gasteiger partial charge in [0.25, 0.3) is 5.69 Å². The second-order valence-corrected chi connectivity index (χ2v) is 11.4. The van der Waals surface area contributed by atoms with Crippen LogP contribution >= 0.6 is 11.6 Å². The first-order chi connectivity index (χ1) is 21.7. The maximum absolute atomic E-state index is 12.6. The van der Waals surface area contributed by atoms with Crippen LogP contribution in [0.5, 0.6) is 5.75 Å². The number of ether oxygens (including phenoxy) is 1. The summed E-state index contributed by atoms with van der Waals surface area (Å²) in [6, 6.07) is 18.4.